The first-order chi connectivity index (χ1) is 14.0. The molecule has 194 valence electrons. The third-order valence-electron chi connectivity index (χ3n) is 5.99. The number of rotatable bonds is 3. The van der Waals surface area contributed by atoms with Crippen LogP contribution in [-0.2, 0) is 4.74 Å². The first-order valence-corrected chi connectivity index (χ1v) is 7.82. The van der Waals surface area contributed by atoms with Gasteiger partial charge in [0.05, 0.1) is 0 Å². The second-order valence-electron chi connectivity index (χ2n) is 7.24. The lowest BCUT2D eigenvalue weighted by Crippen LogP contribution is -3.09. The summed E-state index contributed by atoms with van der Waals surface area (Å²) in [5.74, 6) is -50.8. The first kappa shape index (κ1) is 26.5. The molecule has 0 unspecified atom stereocenters. The molecule has 0 aromatic heterocycles. The van der Waals surface area contributed by atoms with Gasteiger partial charge in [0.25, 0.3) is 5.41 Å². The number of alkyl halides is 20. The zero-order valence-corrected chi connectivity index (χ0v) is 14.7. The summed E-state index contributed by atoms with van der Waals surface area (Å²) < 4.78 is 270. The maximum Gasteiger partial charge on any atom is 0.445 e. The third kappa shape index (κ3) is 1.74. The molecule has 0 aromatic rings. The van der Waals surface area contributed by atoms with E-state index in [1.165, 1.54) is 0 Å². The summed E-state index contributed by atoms with van der Waals surface area (Å²) in [6, 6.07) is 0. The fourth-order valence-electron chi connectivity index (χ4n) is 4.62. The Morgan fingerprint density at radius 3 is 0.818 bits per heavy atom. The Labute approximate surface area is 170 Å². The van der Waals surface area contributed by atoms with Crippen molar-refractivity contribution in [3.8, 4) is 0 Å². The standard InChI is InChI=1S/C12ClF19O/c13-12(31,32)33-11(29,30)1-5(17,18)2(14)8(23,24)3(15,6(1,19)20)10(27,28)4(16,7(1,21)22)9(2,25)26. The SMILES string of the molecule is FC(F)(Cl)OC(F)(F)C12C(F)(F)C3(F)C(F)(F)C(F)(C(F)(F)C(F)(C3(F)F)C1(F)F)C2(F)F. The third-order valence-corrected chi connectivity index (χ3v) is 6.06. The molecule has 4 saturated carbocycles. The van der Waals surface area contributed by atoms with Gasteiger partial charge in [0.15, 0.2) is 0 Å². The van der Waals surface area contributed by atoms with Gasteiger partial charge in [-0.25, -0.2) is 44.3 Å². The highest BCUT2D eigenvalue weighted by Gasteiger charge is 3.25. The quantitative estimate of drug-likeness (QED) is 0.291. The minimum Gasteiger partial charge on any atom is -0.240 e. The van der Waals surface area contributed by atoms with Gasteiger partial charge in [0, 0.05) is 0 Å². The van der Waals surface area contributed by atoms with Crippen LogP contribution in [0.25, 0.3) is 0 Å². The number of ether oxygens (including phenoxy) is 1. The minimum absolute atomic E-state index is 1.68. The predicted octanol–water partition coefficient (Wildman–Crippen LogP) is 6.35. The van der Waals surface area contributed by atoms with Gasteiger partial charge in [-0.3, -0.25) is 0 Å². The molecule has 4 bridgehead atoms. The summed E-state index contributed by atoms with van der Waals surface area (Å²) in [7, 11) is 0. The van der Waals surface area contributed by atoms with Gasteiger partial charge in [-0.15, -0.1) is 0 Å². The Hall–Kier alpha value is -1.08. The smallest absolute Gasteiger partial charge is 0.240 e. The molecule has 0 radical (unpaired) electrons. The van der Waals surface area contributed by atoms with E-state index in [0.717, 1.165) is 0 Å². The fraction of sp³-hybridized carbons (Fsp3) is 1.00. The van der Waals surface area contributed by atoms with Gasteiger partial charge >= 0.3 is 64.2 Å². The monoisotopic (exact) mass is 556 g/mol. The van der Waals surface area contributed by atoms with Gasteiger partial charge in [-0.2, -0.15) is 43.9 Å². The van der Waals surface area contributed by atoms with Crippen molar-refractivity contribution in [1.29, 1.82) is 0 Å². The Morgan fingerprint density at radius 1 is 0.424 bits per heavy atom. The van der Waals surface area contributed by atoms with Crippen molar-refractivity contribution in [3.05, 3.63) is 0 Å². The molecule has 4 rings (SSSR count). The Balaban J connectivity index is 2.74. The van der Waals surface area contributed by atoms with E-state index < -0.39 is 69.6 Å². The molecule has 0 aliphatic heterocycles. The average Bonchev–Trinajstić information content (AvgIpc) is 2.52. The Morgan fingerprint density at radius 2 is 0.636 bits per heavy atom. The molecule has 0 spiro atoms. The van der Waals surface area contributed by atoms with Gasteiger partial charge in [-0.1, -0.05) is 0 Å². The zero-order valence-electron chi connectivity index (χ0n) is 14.0. The van der Waals surface area contributed by atoms with Crippen molar-refractivity contribution >= 4 is 11.6 Å². The highest BCUT2D eigenvalue weighted by atomic mass is 35.5. The number of halogens is 20. The summed E-state index contributed by atoms with van der Waals surface area (Å²) >= 11 is 3.61. The predicted molar refractivity (Wildman–Crippen MR) is 60.5 cm³/mol. The van der Waals surface area contributed by atoms with Crippen molar-refractivity contribution < 1.29 is 88.2 Å². The highest BCUT2D eigenvalue weighted by Crippen LogP contribution is 2.92. The molecule has 4 fully saturated rings. The molecule has 0 N–H and O–H groups in total. The van der Waals surface area contributed by atoms with E-state index in [1.54, 1.807) is 4.74 Å². The summed E-state index contributed by atoms with van der Waals surface area (Å²) in [5, 5.41) is 0. The molecule has 0 aromatic carbocycles. The lowest BCUT2D eigenvalue weighted by Gasteiger charge is -2.75. The summed E-state index contributed by atoms with van der Waals surface area (Å²) in [5.41, 5.74) is -40.1. The lowest BCUT2D eigenvalue weighted by atomic mass is 9.36. The molecule has 0 atom stereocenters. The van der Waals surface area contributed by atoms with Crippen LogP contribution in [0.5, 0.6) is 0 Å². The van der Waals surface area contributed by atoms with E-state index in [2.05, 4.69) is 11.6 Å². The van der Waals surface area contributed by atoms with Crippen LogP contribution in [0.4, 0.5) is 83.4 Å². The van der Waals surface area contributed by atoms with E-state index >= 15 is 0 Å². The van der Waals surface area contributed by atoms with Crippen LogP contribution in [-0.4, -0.2) is 64.2 Å². The topological polar surface area (TPSA) is 9.23 Å². The normalized spacial score (nSPS) is 45.8. The molecular formula is C12ClF19O. The largest absolute Gasteiger partial charge is 0.445 e. The van der Waals surface area contributed by atoms with Crippen molar-refractivity contribution in [3.63, 3.8) is 0 Å². The van der Waals surface area contributed by atoms with Crippen LogP contribution in [0, 0.1) is 5.41 Å². The van der Waals surface area contributed by atoms with Crippen molar-refractivity contribution in [1.82, 2.24) is 0 Å². The Kier molecular flexibility index (Phi) is 4.30. The van der Waals surface area contributed by atoms with Crippen LogP contribution in [0.2, 0.25) is 0 Å². The maximum atomic E-state index is 14.6. The molecule has 33 heavy (non-hydrogen) atoms. The van der Waals surface area contributed by atoms with Crippen molar-refractivity contribution in [2.45, 2.75) is 64.2 Å². The van der Waals surface area contributed by atoms with Crippen molar-refractivity contribution in [2.24, 2.45) is 5.41 Å². The van der Waals surface area contributed by atoms with Crippen LogP contribution < -0.4 is 0 Å². The van der Waals surface area contributed by atoms with Gasteiger partial charge < -0.3 is 0 Å². The van der Waals surface area contributed by atoms with Crippen LogP contribution in [0.3, 0.4) is 0 Å². The molecule has 0 saturated heterocycles. The summed E-state index contributed by atoms with van der Waals surface area (Å²) in [6.07, 6.45) is -8.18. The molecule has 0 heterocycles. The average molecular weight is 557 g/mol. The van der Waals surface area contributed by atoms with E-state index in [-0.39, 0.29) is 0 Å². The lowest BCUT2D eigenvalue weighted by molar-refractivity contribution is -0.644. The highest BCUT2D eigenvalue weighted by molar-refractivity contribution is 6.20. The maximum absolute atomic E-state index is 14.6. The number of hydrogen-bond donors (Lipinski definition) is 0. The fourth-order valence-corrected chi connectivity index (χ4v) is 4.72. The first-order valence-electron chi connectivity index (χ1n) is 7.44. The number of hydrogen-bond acceptors (Lipinski definition) is 1. The van der Waals surface area contributed by atoms with E-state index in [0.29, 0.717) is 0 Å². The molecule has 21 heteroatoms. The summed E-state index contributed by atoms with van der Waals surface area (Å²) in [4.78, 5) is 0. The van der Waals surface area contributed by atoms with Gasteiger partial charge in [0.1, 0.15) is 0 Å². The van der Waals surface area contributed by atoms with E-state index in [1.807, 2.05) is 0 Å². The molecule has 4 aliphatic carbocycles. The molecule has 4 aliphatic rings. The van der Waals surface area contributed by atoms with Crippen LogP contribution in [0.1, 0.15) is 0 Å². The van der Waals surface area contributed by atoms with Gasteiger partial charge in [0.2, 0.25) is 0 Å². The summed E-state index contributed by atoms with van der Waals surface area (Å²) in [6.45, 7) is 0. The van der Waals surface area contributed by atoms with Crippen LogP contribution >= 0.6 is 11.6 Å². The molecule has 0 amide bonds. The second-order valence-corrected chi connectivity index (χ2v) is 7.68. The molecular weight excluding hydrogens is 557 g/mol. The van der Waals surface area contributed by atoms with Crippen LogP contribution in [0.15, 0.2) is 0 Å². The van der Waals surface area contributed by atoms with Gasteiger partial charge in [-0.05, 0) is 11.6 Å². The van der Waals surface area contributed by atoms with Crippen molar-refractivity contribution in [2.75, 3.05) is 0 Å². The Bertz CT molecular complexity index is 790. The van der Waals surface area contributed by atoms with E-state index in [4.69, 9.17) is 0 Å². The molecule has 1 nitrogen and oxygen atoms in total. The minimum atomic E-state index is -8.60. The zero-order chi connectivity index (χ0) is 26.7. The van der Waals surface area contributed by atoms with E-state index in [9.17, 15) is 83.4 Å². The second kappa shape index (κ2) is 5.35.